The highest BCUT2D eigenvalue weighted by Crippen LogP contribution is 1.96. The SMILES string of the molecule is CC(C)OC(=O)C(=O)C#C[Si](C)(C)C. The van der Waals surface area contributed by atoms with Crippen LogP contribution in [0.3, 0.4) is 0 Å². The molecule has 0 saturated carbocycles. The van der Waals surface area contributed by atoms with E-state index in [1.165, 1.54) is 0 Å². The average Bonchev–Trinajstić information content (AvgIpc) is 1.97. The third kappa shape index (κ3) is 6.43. The summed E-state index contributed by atoms with van der Waals surface area (Å²) in [6.45, 7) is 9.39. The highest BCUT2D eigenvalue weighted by Gasteiger charge is 2.15. The third-order valence-electron chi connectivity index (χ3n) is 1.08. The number of rotatable bonds is 2. The molecule has 0 fully saturated rings. The lowest BCUT2D eigenvalue weighted by molar-refractivity contribution is -0.154. The van der Waals surface area contributed by atoms with E-state index in [4.69, 9.17) is 4.74 Å². The minimum Gasteiger partial charge on any atom is -0.456 e. The molecule has 0 saturated heterocycles. The number of carbonyl (C=O) groups excluding carboxylic acids is 2. The first-order valence-electron chi connectivity index (χ1n) is 4.50. The minimum atomic E-state index is -1.60. The van der Waals surface area contributed by atoms with E-state index in [0.29, 0.717) is 0 Å². The van der Waals surface area contributed by atoms with Crippen LogP contribution < -0.4 is 0 Å². The molecular weight excluding hydrogens is 196 g/mol. The largest absolute Gasteiger partial charge is 0.456 e. The van der Waals surface area contributed by atoms with Crippen LogP contribution in [0.5, 0.6) is 0 Å². The minimum absolute atomic E-state index is 0.278. The number of esters is 1. The molecule has 78 valence electrons. The molecule has 0 atom stereocenters. The van der Waals surface area contributed by atoms with E-state index in [1.807, 2.05) is 19.6 Å². The maximum Gasteiger partial charge on any atom is 0.388 e. The Bertz CT molecular complexity index is 289. The predicted octanol–water partition coefficient (Wildman–Crippen LogP) is 1.39. The molecule has 0 aliphatic heterocycles. The Kier molecular flexibility index (Phi) is 4.58. The topological polar surface area (TPSA) is 43.4 Å². The molecule has 0 aromatic rings. The van der Waals surface area contributed by atoms with E-state index in [1.54, 1.807) is 13.8 Å². The molecule has 0 bridgehead atoms. The van der Waals surface area contributed by atoms with Gasteiger partial charge in [-0.3, -0.25) is 4.79 Å². The van der Waals surface area contributed by atoms with Gasteiger partial charge in [0.2, 0.25) is 0 Å². The van der Waals surface area contributed by atoms with Crippen molar-refractivity contribution in [1.82, 2.24) is 0 Å². The van der Waals surface area contributed by atoms with Crippen LogP contribution in [0.4, 0.5) is 0 Å². The van der Waals surface area contributed by atoms with E-state index in [9.17, 15) is 9.59 Å². The molecule has 0 aliphatic carbocycles. The highest BCUT2D eigenvalue weighted by molar-refractivity contribution is 6.84. The van der Waals surface area contributed by atoms with Gasteiger partial charge in [-0.2, -0.15) is 0 Å². The van der Waals surface area contributed by atoms with E-state index in [0.717, 1.165) is 0 Å². The number of ether oxygens (including phenoxy) is 1. The van der Waals surface area contributed by atoms with Gasteiger partial charge in [0.25, 0.3) is 0 Å². The van der Waals surface area contributed by atoms with Gasteiger partial charge < -0.3 is 4.74 Å². The first-order valence-corrected chi connectivity index (χ1v) is 8.00. The number of carbonyl (C=O) groups is 2. The number of hydrogen-bond acceptors (Lipinski definition) is 3. The molecule has 0 unspecified atom stereocenters. The van der Waals surface area contributed by atoms with E-state index in [2.05, 4.69) is 11.5 Å². The molecule has 0 radical (unpaired) electrons. The van der Waals surface area contributed by atoms with Gasteiger partial charge in [-0.1, -0.05) is 19.6 Å². The van der Waals surface area contributed by atoms with Crippen molar-refractivity contribution in [2.75, 3.05) is 0 Å². The quantitative estimate of drug-likeness (QED) is 0.301. The van der Waals surface area contributed by atoms with Crippen LogP contribution in [0.15, 0.2) is 0 Å². The number of hydrogen-bond donors (Lipinski definition) is 0. The Morgan fingerprint density at radius 2 is 1.71 bits per heavy atom. The van der Waals surface area contributed by atoms with Crippen LogP contribution >= 0.6 is 0 Å². The second kappa shape index (κ2) is 4.96. The molecule has 14 heavy (non-hydrogen) atoms. The fourth-order valence-corrected chi connectivity index (χ4v) is 1.05. The van der Waals surface area contributed by atoms with Crippen molar-refractivity contribution < 1.29 is 14.3 Å². The molecule has 0 aromatic heterocycles. The Balaban J connectivity index is 4.34. The van der Waals surface area contributed by atoms with Crippen molar-refractivity contribution in [3.63, 3.8) is 0 Å². The summed E-state index contributed by atoms with van der Waals surface area (Å²) in [5.41, 5.74) is 2.81. The summed E-state index contributed by atoms with van der Waals surface area (Å²) in [4.78, 5) is 22.1. The molecule has 0 aliphatic rings. The van der Waals surface area contributed by atoms with Gasteiger partial charge in [0, 0.05) is 0 Å². The lowest BCUT2D eigenvalue weighted by Gasteiger charge is -2.05. The van der Waals surface area contributed by atoms with Crippen molar-refractivity contribution in [2.24, 2.45) is 0 Å². The predicted molar refractivity (Wildman–Crippen MR) is 57.4 cm³/mol. The number of Topliss-reactive ketones (excluding diaryl/α,β-unsaturated/α-hetero) is 1. The molecule has 0 N–H and O–H groups in total. The lowest BCUT2D eigenvalue weighted by atomic mass is 10.4. The summed E-state index contributed by atoms with van der Waals surface area (Å²) in [7, 11) is -1.60. The average molecular weight is 212 g/mol. The Morgan fingerprint density at radius 1 is 1.21 bits per heavy atom. The molecule has 0 heterocycles. The smallest absolute Gasteiger partial charge is 0.388 e. The summed E-state index contributed by atoms with van der Waals surface area (Å²) < 4.78 is 4.70. The van der Waals surface area contributed by atoms with Crippen LogP contribution in [-0.4, -0.2) is 25.9 Å². The van der Waals surface area contributed by atoms with E-state index in [-0.39, 0.29) is 6.10 Å². The fourth-order valence-electron chi connectivity index (χ4n) is 0.563. The molecule has 0 amide bonds. The molecule has 0 spiro atoms. The van der Waals surface area contributed by atoms with Gasteiger partial charge in [0.05, 0.1) is 6.10 Å². The van der Waals surface area contributed by atoms with Gasteiger partial charge in [0.15, 0.2) is 0 Å². The van der Waals surface area contributed by atoms with Crippen LogP contribution in [0.25, 0.3) is 0 Å². The van der Waals surface area contributed by atoms with Gasteiger partial charge in [-0.05, 0) is 19.8 Å². The first-order chi connectivity index (χ1) is 6.22. The summed E-state index contributed by atoms with van der Waals surface area (Å²) in [6, 6.07) is 0. The Morgan fingerprint density at radius 3 is 2.07 bits per heavy atom. The second-order valence-corrected chi connectivity index (χ2v) is 9.03. The van der Waals surface area contributed by atoms with Crippen molar-refractivity contribution >= 4 is 19.8 Å². The van der Waals surface area contributed by atoms with Crippen molar-refractivity contribution in [3.05, 3.63) is 0 Å². The zero-order valence-electron chi connectivity index (χ0n) is 9.30. The highest BCUT2D eigenvalue weighted by atomic mass is 28.3. The second-order valence-electron chi connectivity index (χ2n) is 4.28. The van der Waals surface area contributed by atoms with Crippen molar-refractivity contribution in [3.8, 4) is 11.5 Å². The maximum atomic E-state index is 11.1. The fraction of sp³-hybridized carbons (Fsp3) is 0.600. The third-order valence-corrected chi connectivity index (χ3v) is 1.95. The van der Waals surface area contributed by atoms with Crippen LogP contribution in [0.2, 0.25) is 19.6 Å². The van der Waals surface area contributed by atoms with Crippen molar-refractivity contribution in [2.45, 2.75) is 39.6 Å². The zero-order valence-corrected chi connectivity index (χ0v) is 10.3. The lowest BCUT2D eigenvalue weighted by Crippen LogP contribution is -2.22. The zero-order chi connectivity index (χ0) is 11.4. The molecule has 4 heteroatoms. The van der Waals surface area contributed by atoms with Gasteiger partial charge in [-0.25, -0.2) is 4.79 Å². The molecule has 0 aromatic carbocycles. The Hall–Kier alpha value is -1.08. The Labute approximate surface area is 85.8 Å². The van der Waals surface area contributed by atoms with Crippen LogP contribution in [0, 0.1) is 11.5 Å². The molecular formula is C10H16O3Si. The molecule has 3 nitrogen and oxygen atoms in total. The summed E-state index contributed by atoms with van der Waals surface area (Å²) in [6.07, 6.45) is -0.278. The van der Waals surface area contributed by atoms with Crippen molar-refractivity contribution in [1.29, 1.82) is 0 Å². The van der Waals surface area contributed by atoms with Crippen LogP contribution in [0.1, 0.15) is 13.8 Å². The summed E-state index contributed by atoms with van der Waals surface area (Å²) in [5.74, 6) is 0.721. The normalized spacial score (nSPS) is 10.4. The first kappa shape index (κ1) is 12.9. The van der Waals surface area contributed by atoms with E-state index >= 15 is 0 Å². The van der Waals surface area contributed by atoms with E-state index < -0.39 is 19.8 Å². The van der Waals surface area contributed by atoms with Crippen LogP contribution in [-0.2, 0) is 14.3 Å². The van der Waals surface area contributed by atoms with Gasteiger partial charge in [-0.15, -0.1) is 5.54 Å². The number of ketones is 1. The van der Waals surface area contributed by atoms with Gasteiger partial charge in [0.1, 0.15) is 8.07 Å². The standard InChI is InChI=1S/C10H16O3Si/c1-8(2)13-10(12)9(11)6-7-14(3,4)5/h8H,1-5H3. The molecule has 0 rings (SSSR count). The van der Waals surface area contributed by atoms with Gasteiger partial charge >= 0.3 is 11.8 Å². The monoisotopic (exact) mass is 212 g/mol. The summed E-state index contributed by atoms with van der Waals surface area (Å²) in [5, 5.41) is 0. The summed E-state index contributed by atoms with van der Waals surface area (Å²) >= 11 is 0. The maximum absolute atomic E-state index is 11.1.